The molecule has 0 atom stereocenters. The first kappa shape index (κ1) is 15.7. The lowest BCUT2D eigenvalue weighted by Crippen LogP contribution is -2.04. The Morgan fingerprint density at radius 3 is 2.50 bits per heavy atom. The Kier molecular flexibility index (Phi) is 4.52. The minimum absolute atomic E-state index is 0.265. The second-order valence-electron chi connectivity index (χ2n) is 5.24. The van der Waals surface area contributed by atoms with E-state index in [9.17, 15) is 4.79 Å². The molecular weight excluding hydrogens is 304 g/mol. The van der Waals surface area contributed by atoms with Gasteiger partial charge in [0, 0.05) is 11.6 Å². The zero-order valence-corrected chi connectivity index (χ0v) is 13.1. The summed E-state index contributed by atoms with van der Waals surface area (Å²) in [5.74, 6) is -0.398. The maximum Gasteiger partial charge on any atom is 0.328 e. The van der Waals surface area contributed by atoms with Crippen LogP contribution in [0.5, 0.6) is 5.75 Å². The quantitative estimate of drug-likeness (QED) is 0.727. The fourth-order valence-electron chi connectivity index (χ4n) is 2.32. The molecule has 1 aromatic heterocycles. The second-order valence-corrected chi connectivity index (χ2v) is 5.24. The van der Waals surface area contributed by atoms with Crippen molar-refractivity contribution >= 4 is 23.1 Å². The van der Waals surface area contributed by atoms with Crippen molar-refractivity contribution in [2.45, 2.75) is 13.5 Å². The predicted molar refractivity (Wildman–Crippen MR) is 91.7 cm³/mol. The number of aromatic nitrogens is 2. The Morgan fingerprint density at radius 2 is 1.75 bits per heavy atom. The van der Waals surface area contributed by atoms with Crippen LogP contribution in [0.3, 0.4) is 0 Å². The molecule has 1 N–H and O–H groups in total. The lowest BCUT2D eigenvalue weighted by Gasteiger charge is -2.11. The molecular formula is C19H16N2O3. The van der Waals surface area contributed by atoms with Gasteiger partial charge in [0.05, 0.1) is 22.4 Å². The van der Waals surface area contributed by atoms with Crippen molar-refractivity contribution in [2.24, 2.45) is 0 Å². The van der Waals surface area contributed by atoms with Gasteiger partial charge >= 0.3 is 5.97 Å². The SMILES string of the molecule is Cc1nc2ccccc2nc1COc1ccccc1C=CC(=O)O. The van der Waals surface area contributed by atoms with Crippen LogP contribution in [-0.4, -0.2) is 21.0 Å². The molecule has 0 aliphatic rings. The topological polar surface area (TPSA) is 72.3 Å². The van der Waals surface area contributed by atoms with Crippen molar-refractivity contribution in [3.8, 4) is 5.75 Å². The Balaban J connectivity index is 1.84. The highest BCUT2D eigenvalue weighted by atomic mass is 16.5. The third-order valence-electron chi connectivity index (χ3n) is 3.53. The van der Waals surface area contributed by atoms with Gasteiger partial charge in [-0.25, -0.2) is 14.8 Å². The van der Waals surface area contributed by atoms with Crippen LogP contribution in [0.1, 0.15) is 17.0 Å². The standard InChI is InChI=1S/C19H16N2O3/c1-13-17(21-16-8-4-3-7-15(16)20-13)12-24-18-9-5-2-6-14(18)10-11-19(22)23/h2-11H,12H2,1H3,(H,22,23). The summed E-state index contributed by atoms with van der Waals surface area (Å²) in [5.41, 5.74) is 3.94. The van der Waals surface area contributed by atoms with Crippen LogP contribution in [0, 0.1) is 6.92 Å². The largest absolute Gasteiger partial charge is 0.487 e. The molecule has 0 spiro atoms. The Hall–Kier alpha value is -3.21. The summed E-state index contributed by atoms with van der Waals surface area (Å²) in [6.07, 6.45) is 2.60. The van der Waals surface area contributed by atoms with Gasteiger partial charge in [-0.1, -0.05) is 30.3 Å². The van der Waals surface area contributed by atoms with Crippen molar-refractivity contribution in [3.05, 3.63) is 71.6 Å². The molecule has 0 unspecified atom stereocenters. The number of ether oxygens (including phenoxy) is 1. The summed E-state index contributed by atoms with van der Waals surface area (Å²) >= 11 is 0. The molecule has 0 bridgehead atoms. The molecule has 0 fully saturated rings. The number of benzene rings is 2. The molecule has 120 valence electrons. The molecule has 0 aliphatic carbocycles. The molecule has 0 saturated heterocycles. The van der Waals surface area contributed by atoms with Gasteiger partial charge in [0.2, 0.25) is 0 Å². The minimum Gasteiger partial charge on any atom is -0.487 e. The van der Waals surface area contributed by atoms with Crippen molar-refractivity contribution in [3.63, 3.8) is 0 Å². The molecule has 0 saturated carbocycles. The summed E-state index contributed by atoms with van der Waals surface area (Å²) in [7, 11) is 0. The number of aliphatic carboxylic acids is 1. The molecule has 0 aliphatic heterocycles. The minimum atomic E-state index is -0.999. The number of fused-ring (bicyclic) bond motifs is 1. The normalized spacial score (nSPS) is 11.0. The zero-order valence-electron chi connectivity index (χ0n) is 13.1. The number of hydrogen-bond acceptors (Lipinski definition) is 4. The number of nitrogens with zero attached hydrogens (tertiary/aromatic N) is 2. The van der Waals surface area contributed by atoms with Gasteiger partial charge < -0.3 is 9.84 Å². The van der Waals surface area contributed by atoms with Crippen LogP contribution >= 0.6 is 0 Å². The van der Waals surface area contributed by atoms with Crippen LogP contribution in [0.2, 0.25) is 0 Å². The highest BCUT2D eigenvalue weighted by Crippen LogP contribution is 2.21. The van der Waals surface area contributed by atoms with Crippen LogP contribution in [0.4, 0.5) is 0 Å². The van der Waals surface area contributed by atoms with Crippen molar-refractivity contribution in [2.75, 3.05) is 0 Å². The molecule has 2 aromatic carbocycles. The Bertz CT molecular complexity index is 919. The first-order valence-electron chi connectivity index (χ1n) is 7.48. The second kappa shape index (κ2) is 6.91. The van der Waals surface area contributed by atoms with Gasteiger partial charge in [0.1, 0.15) is 12.4 Å². The van der Waals surface area contributed by atoms with Gasteiger partial charge in [-0.3, -0.25) is 0 Å². The van der Waals surface area contributed by atoms with Crippen molar-refractivity contribution in [1.82, 2.24) is 9.97 Å². The first-order chi connectivity index (χ1) is 11.6. The number of aryl methyl sites for hydroxylation is 1. The maximum atomic E-state index is 10.7. The summed E-state index contributed by atoms with van der Waals surface area (Å²) in [6, 6.07) is 14.9. The number of carboxylic acids is 1. The number of hydrogen-bond donors (Lipinski definition) is 1. The average Bonchev–Trinajstić information content (AvgIpc) is 2.58. The van der Waals surface area contributed by atoms with E-state index < -0.39 is 5.97 Å². The molecule has 3 rings (SSSR count). The monoisotopic (exact) mass is 320 g/mol. The fraction of sp³-hybridized carbons (Fsp3) is 0.105. The Labute approximate surface area is 139 Å². The fourth-order valence-corrected chi connectivity index (χ4v) is 2.32. The third kappa shape index (κ3) is 3.57. The van der Waals surface area contributed by atoms with E-state index >= 15 is 0 Å². The van der Waals surface area contributed by atoms with E-state index in [1.54, 1.807) is 12.1 Å². The molecule has 1 heterocycles. The zero-order chi connectivity index (χ0) is 16.9. The van der Waals surface area contributed by atoms with Gasteiger partial charge in [0.25, 0.3) is 0 Å². The summed E-state index contributed by atoms with van der Waals surface area (Å²) in [6.45, 7) is 2.16. The van der Waals surface area contributed by atoms with Crippen molar-refractivity contribution < 1.29 is 14.6 Å². The van der Waals surface area contributed by atoms with Gasteiger partial charge in [-0.15, -0.1) is 0 Å². The van der Waals surface area contributed by atoms with Crippen LogP contribution in [0.15, 0.2) is 54.6 Å². The summed E-state index contributed by atoms with van der Waals surface area (Å²) in [4.78, 5) is 19.8. The smallest absolute Gasteiger partial charge is 0.328 e. The highest BCUT2D eigenvalue weighted by Gasteiger charge is 2.07. The number of carboxylic acid groups (broad SMARTS) is 1. The number of rotatable bonds is 5. The van der Waals surface area contributed by atoms with Gasteiger partial charge in [0.15, 0.2) is 0 Å². The molecule has 5 nitrogen and oxygen atoms in total. The van der Waals surface area contributed by atoms with E-state index in [0.29, 0.717) is 11.3 Å². The molecule has 24 heavy (non-hydrogen) atoms. The van der Waals surface area contributed by atoms with Crippen LogP contribution in [0.25, 0.3) is 17.1 Å². The van der Waals surface area contributed by atoms with E-state index in [1.807, 2.05) is 43.3 Å². The molecule has 3 aromatic rings. The lowest BCUT2D eigenvalue weighted by molar-refractivity contribution is -0.131. The summed E-state index contributed by atoms with van der Waals surface area (Å²) < 4.78 is 5.84. The first-order valence-corrected chi connectivity index (χ1v) is 7.48. The van der Waals surface area contributed by atoms with E-state index in [-0.39, 0.29) is 6.61 Å². The van der Waals surface area contributed by atoms with Crippen LogP contribution in [-0.2, 0) is 11.4 Å². The van der Waals surface area contributed by atoms with E-state index in [1.165, 1.54) is 6.08 Å². The molecule has 5 heteroatoms. The van der Waals surface area contributed by atoms with Crippen molar-refractivity contribution in [1.29, 1.82) is 0 Å². The third-order valence-corrected chi connectivity index (χ3v) is 3.53. The molecule has 0 radical (unpaired) electrons. The number of carbonyl (C=O) groups is 1. The van der Waals surface area contributed by atoms with E-state index in [2.05, 4.69) is 9.97 Å². The van der Waals surface area contributed by atoms with Gasteiger partial charge in [-0.05, 0) is 31.2 Å². The lowest BCUT2D eigenvalue weighted by atomic mass is 10.2. The Morgan fingerprint density at radius 1 is 1.08 bits per heavy atom. The molecule has 0 amide bonds. The van der Waals surface area contributed by atoms with E-state index in [0.717, 1.165) is 28.5 Å². The van der Waals surface area contributed by atoms with Gasteiger partial charge in [-0.2, -0.15) is 0 Å². The average molecular weight is 320 g/mol. The maximum absolute atomic E-state index is 10.7. The number of para-hydroxylation sites is 3. The highest BCUT2D eigenvalue weighted by molar-refractivity contribution is 5.85. The summed E-state index contributed by atoms with van der Waals surface area (Å²) in [5, 5.41) is 8.76. The predicted octanol–water partition coefficient (Wildman–Crippen LogP) is 3.62. The van der Waals surface area contributed by atoms with E-state index in [4.69, 9.17) is 9.84 Å². The van der Waals surface area contributed by atoms with Crippen LogP contribution < -0.4 is 4.74 Å².